The van der Waals surface area contributed by atoms with Gasteiger partial charge in [0.25, 0.3) is 0 Å². The summed E-state index contributed by atoms with van der Waals surface area (Å²) in [7, 11) is 2.74. The lowest BCUT2D eigenvalue weighted by atomic mass is 10.1. The van der Waals surface area contributed by atoms with Gasteiger partial charge < -0.3 is 20.3 Å². The van der Waals surface area contributed by atoms with E-state index in [-0.39, 0.29) is 11.9 Å². The molecule has 11 nitrogen and oxygen atoms in total. The summed E-state index contributed by atoms with van der Waals surface area (Å²) in [6.45, 7) is 8.44. The molecule has 0 aromatic carbocycles. The van der Waals surface area contributed by atoms with Gasteiger partial charge in [-0.25, -0.2) is 0 Å². The fourth-order valence-electron chi connectivity index (χ4n) is 4.70. The Kier molecular flexibility index (Phi) is 12.4. The molecule has 37 heavy (non-hydrogen) atoms. The van der Waals surface area contributed by atoms with Crippen LogP contribution in [0.25, 0.3) is 0 Å². The van der Waals surface area contributed by atoms with Crippen LogP contribution in [0.15, 0.2) is 12.1 Å². The van der Waals surface area contributed by atoms with Crippen molar-refractivity contribution in [2.75, 3.05) is 46.9 Å². The SMILES string of the molecule is CCC(C(=O)OC)N1CCN(C(C)C(=O)O)CCN(C(C)C(=O)OC)Cc2cc(CCCN)cc(n2)C1. The summed E-state index contributed by atoms with van der Waals surface area (Å²) >= 11 is 0. The average Bonchev–Trinajstić information content (AvgIpc) is 2.89. The third-order valence-electron chi connectivity index (χ3n) is 7.04. The van der Waals surface area contributed by atoms with E-state index < -0.39 is 24.1 Å². The van der Waals surface area contributed by atoms with Gasteiger partial charge in [-0.05, 0) is 57.4 Å². The number of fused-ring (bicyclic) bond motifs is 2. The third-order valence-corrected chi connectivity index (χ3v) is 7.04. The molecule has 3 unspecified atom stereocenters. The highest BCUT2D eigenvalue weighted by Crippen LogP contribution is 2.18. The number of aliphatic carboxylic acids is 1. The molecular weight excluding hydrogens is 478 g/mol. The first kappa shape index (κ1) is 30.6. The van der Waals surface area contributed by atoms with Crippen LogP contribution in [0.3, 0.4) is 0 Å². The van der Waals surface area contributed by atoms with Gasteiger partial charge in [0.15, 0.2) is 0 Å². The highest BCUT2D eigenvalue weighted by Gasteiger charge is 2.30. The number of esters is 2. The molecule has 0 saturated heterocycles. The number of nitrogens with zero attached hydrogens (tertiary/aromatic N) is 4. The maximum atomic E-state index is 12.6. The lowest BCUT2D eigenvalue weighted by Crippen LogP contribution is -2.51. The molecule has 208 valence electrons. The zero-order chi connectivity index (χ0) is 27.5. The first-order chi connectivity index (χ1) is 17.6. The first-order valence-corrected chi connectivity index (χ1v) is 12.9. The lowest BCUT2D eigenvalue weighted by Gasteiger charge is -2.36. The number of pyridine rings is 1. The molecule has 1 aliphatic heterocycles. The van der Waals surface area contributed by atoms with Crippen molar-refractivity contribution in [3.05, 3.63) is 29.1 Å². The van der Waals surface area contributed by atoms with Gasteiger partial charge in [0, 0.05) is 39.3 Å². The van der Waals surface area contributed by atoms with Crippen LogP contribution in [0.5, 0.6) is 0 Å². The van der Waals surface area contributed by atoms with Gasteiger partial charge in [-0.15, -0.1) is 0 Å². The minimum atomic E-state index is -0.928. The molecule has 1 aromatic heterocycles. The topological polar surface area (TPSA) is 139 Å². The number of aromatic nitrogens is 1. The van der Waals surface area contributed by atoms with Gasteiger partial charge in [0.05, 0.1) is 25.6 Å². The molecule has 0 amide bonds. The van der Waals surface area contributed by atoms with Crippen LogP contribution in [0, 0.1) is 0 Å². The molecule has 0 saturated carbocycles. The molecule has 0 fully saturated rings. The van der Waals surface area contributed by atoms with E-state index in [0.29, 0.717) is 52.2 Å². The number of ether oxygens (including phenoxy) is 2. The van der Waals surface area contributed by atoms with Crippen LogP contribution in [-0.4, -0.2) is 108 Å². The van der Waals surface area contributed by atoms with Crippen molar-refractivity contribution in [3.8, 4) is 0 Å². The zero-order valence-electron chi connectivity index (χ0n) is 22.8. The summed E-state index contributed by atoms with van der Waals surface area (Å²) in [5, 5.41) is 9.74. The largest absolute Gasteiger partial charge is 0.480 e. The standard InChI is InChI=1S/C26H43N5O6/c1-6-23(26(35)37-5)31-13-11-29(18(2)24(32)33)10-12-30(19(3)25(34)36-4)16-21-14-20(8-7-9-27)15-22(17-31)28-21/h14-15,18-19,23H,6-13,16-17,27H2,1-5H3,(H,32,33). The fourth-order valence-corrected chi connectivity index (χ4v) is 4.70. The maximum absolute atomic E-state index is 12.6. The summed E-state index contributed by atoms with van der Waals surface area (Å²) in [6, 6.07) is 2.31. The molecule has 2 bridgehead atoms. The number of carbonyl (C=O) groups excluding carboxylic acids is 2. The van der Waals surface area contributed by atoms with E-state index in [1.807, 2.05) is 33.8 Å². The van der Waals surface area contributed by atoms with Gasteiger partial charge >= 0.3 is 17.9 Å². The molecule has 0 aliphatic carbocycles. The summed E-state index contributed by atoms with van der Waals surface area (Å²) in [6.07, 6.45) is 2.17. The van der Waals surface area contributed by atoms with Crippen molar-refractivity contribution in [2.45, 2.75) is 71.2 Å². The van der Waals surface area contributed by atoms with Crippen LogP contribution < -0.4 is 5.73 Å². The van der Waals surface area contributed by atoms with E-state index >= 15 is 0 Å². The van der Waals surface area contributed by atoms with Crippen LogP contribution in [0.1, 0.15) is 50.6 Å². The van der Waals surface area contributed by atoms with Crippen molar-refractivity contribution < 1.29 is 29.0 Å². The Hall–Kier alpha value is -2.60. The van der Waals surface area contributed by atoms with Crippen LogP contribution in [0.2, 0.25) is 0 Å². The third kappa shape index (κ3) is 8.74. The minimum absolute atomic E-state index is 0.329. The molecule has 1 aromatic rings. The Morgan fingerprint density at radius 1 is 0.946 bits per heavy atom. The van der Waals surface area contributed by atoms with Gasteiger partial charge in [0.1, 0.15) is 18.1 Å². The van der Waals surface area contributed by atoms with Crippen molar-refractivity contribution in [3.63, 3.8) is 0 Å². The Balaban J connectivity index is 2.55. The molecule has 0 radical (unpaired) electrons. The second kappa shape index (κ2) is 15.0. The van der Waals surface area contributed by atoms with Crippen molar-refractivity contribution in [2.24, 2.45) is 5.73 Å². The summed E-state index contributed by atoms with van der Waals surface area (Å²) in [4.78, 5) is 47.7. The van der Waals surface area contributed by atoms with E-state index in [2.05, 4.69) is 0 Å². The van der Waals surface area contributed by atoms with Crippen molar-refractivity contribution in [1.82, 2.24) is 19.7 Å². The number of aryl methyl sites for hydroxylation is 1. The number of hydrogen-bond acceptors (Lipinski definition) is 10. The van der Waals surface area contributed by atoms with Gasteiger partial charge in [0.2, 0.25) is 0 Å². The summed E-state index contributed by atoms with van der Waals surface area (Å²) < 4.78 is 10.1. The van der Waals surface area contributed by atoms with E-state index in [9.17, 15) is 19.5 Å². The average molecular weight is 522 g/mol. The van der Waals surface area contributed by atoms with E-state index in [4.69, 9.17) is 20.2 Å². The number of nitrogens with two attached hydrogens (primary N) is 1. The van der Waals surface area contributed by atoms with Gasteiger partial charge in [-0.1, -0.05) is 6.92 Å². The highest BCUT2D eigenvalue weighted by molar-refractivity contribution is 5.76. The first-order valence-electron chi connectivity index (χ1n) is 12.9. The second-order valence-electron chi connectivity index (χ2n) is 9.49. The molecule has 0 spiro atoms. The van der Waals surface area contributed by atoms with Crippen molar-refractivity contribution >= 4 is 17.9 Å². The summed E-state index contributed by atoms with van der Waals surface area (Å²) in [5.74, 6) is -1.62. The summed E-state index contributed by atoms with van der Waals surface area (Å²) in [5.41, 5.74) is 8.45. The zero-order valence-corrected chi connectivity index (χ0v) is 22.8. The smallest absolute Gasteiger partial charge is 0.323 e. The molecule has 2 heterocycles. The monoisotopic (exact) mass is 521 g/mol. The number of carboxylic acids is 1. The predicted molar refractivity (Wildman–Crippen MR) is 139 cm³/mol. The Morgan fingerprint density at radius 3 is 2.00 bits per heavy atom. The second-order valence-corrected chi connectivity index (χ2v) is 9.49. The Morgan fingerprint density at radius 2 is 1.49 bits per heavy atom. The molecule has 3 N–H and O–H groups in total. The van der Waals surface area contributed by atoms with Crippen LogP contribution in [-0.2, 0) is 43.4 Å². The Bertz CT molecular complexity index is 913. The normalized spacial score (nSPS) is 18.6. The quantitative estimate of drug-likeness (QED) is 0.424. The number of rotatable bonds is 10. The molecule has 3 atom stereocenters. The Labute approximate surface area is 219 Å². The number of methoxy groups -OCH3 is 2. The molecular formula is C26H43N5O6. The number of carboxylic acid groups (broad SMARTS) is 1. The number of carbonyl (C=O) groups is 3. The van der Waals surface area contributed by atoms with Gasteiger partial charge in [-0.3, -0.25) is 34.1 Å². The lowest BCUT2D eigenvalue weighted by molar-refractivity contribution is -0.148. The molecule has 2 rings (SSSR count). The van der Waals surface area contributed by atoms with E-state index in [1.165, 1.54) is 14.2 Å². The molecule has 11 heteroatoms. The van der Waals surface area contributed by atoms with Gasteiger partial charge in [-0.2, -0.15) is 0 Å². The van der Waals surface area contributed by atoms with Crippen LogP contribution in [0.4, 0.5) is 0 Å². The van der Waals surface area contributed by atoms with Crippen LogP contribution >= 0.6 is 0 Å². The highest BCUT2D eigenvalue weighted by atomic mass is 16.5. The predicted octanol–water partition coefficient (Wildman–Crippen LogP) is 0.879. The minimum Gasteiger partial charge on any atom is -0.480 e. The number of hydrogen-bond donors (Lipinski definition) is 2. The van der Waals surface area contributed by atoms with Crippen molar-refractivity contribution in [1.29, 1.82) is 0 Å². The molecule has 1 aliphatic rings. The maximum Gasteiger partial charge on any atom is 0.323 e. The van der Waals surface area contributed by atoms with E-state index in [0.717, 1.165) is 29.8 Å². The fraction of sp³-hybridized carbons (Fsp3) is 0.692. The van der Waals surface area contributed by atoms with E-state index in [1.54, 1.807) is 13.8 Å².